The van der Waals surface area contributed by atoms with Crippen molar-refractivity contribution in [3.05, 3.63) is 41.1 Å². The van der Waals surface area contributed by atoms with Gasteiger partial charge in [-0.25, -0.2) is 4.98 Å². The fourth-order valence-corrected chi connectivity index (χ4v) is 4.22. The van der Waals surface area contributed by atoms with E-state index in [-0.39, 0.29) is 5.91 Å². The van der Waals surface area contributed by atoms with Crippen LogP contribution in [-0.2, 0) is 13.0 Å². The van der Waals surface area contributed by atoms with Crippen LogP contribution >= 0.6 is 0 Å². The monoisotopic (exact) mass is 409 g/mol. The lowest BCUT2D eigenvalue weighted by molar-refractivity contribution is 0.0733. The number of carbonyl (C=O) groups excluding carboxylic acids is 1. The van der Waals surface area contributed by atoms with Crippen molar-refractivity contribution in [3.8, 4) is 5.75 Å². The van der Waals surface area contributed by atoms with E-state index in [1.165, 1.54) is 12.8 Å². The molecule has 2 aliphatic rings. The van der Waals surface area contributed by atoms with Crippen LogP contribution in [0.1, 0.15) is 41.4 Å². The van der Waals surface area contributed by atoms with Gasteiger partial charge in [0.2, 0.25) is 5.95 Å². The average molecular weight is 410 g/mol. The lowest BCUT2D eigenvalue weighted by Crippen LogP contribution is -2.39. The Labute approximate surface area is 178 Å². The van der Waals surface area contributed by atoms with Gasteiger partial charge in [-0.05, 0) is 37.0 Å². The first kappa shape index (κ1) is 20.4. The number of fused-ring (bicyclic) bond motifs is 1. The molecule has 0 aliphatic carbocycles. The number of hydrogen-bond acceptors (Lipinski definition) is 6. The quantitative estimate of drug-likeness (QED) is 0.774. The number of benzene rings is 1. The van der Waals surface area contributed by atoms with E-state index in [0.717, 1.165) is 48.5 Å². The first-order chi connectivity index (χ1) is 14.5. The molecular formula is C23H31N5O2. The first-order valence-electron chi connectivity index (χ1n) is 10.7. The highest BCUT2D eigenvalue weighted by molar-refractivity contribution is 5.94. The highest BCUT2D eigenvalue weighted by atomic mass is 16.5. The number of anilines is 2. The minimum absolute atomic E-state index is 0.0124. The summed E-state index contributed by atoms with van der Waals surface area (Å²) < 4.78 is 5.27. The smallest absolute Gasteiger partial charge is 0.254 e. The van der Waals surface area contributed by atoms with Crippen molar-refractivity contribution >= 4 is 17.7 Å². The van der Waals surface area contributed by atoms with Crippen molar-refractivity contribution in [3.63, 3.8) is 0 Å². The molecule has 2 aromatic rings. The zero-order chi connectivity index (χ0) is 21.3. The highest BCUT2D eigenvalue weighted by Gasteiger charge is 2.28. The molecule has 0 atom stereocenters. The average Bonchev–Trinajstić information content (AvgIpc) is 2.78. The van der Waals surface area contributed by atoms with E-state index in [4.69, 9.17) is 14.7 Å². The van der Waals surface area contributed by atoms with Gasteiger partial charge in [-0.3, -0.25) is 4.79 Å². The Kier molecular flexibility index (Phi) is 5.79. The first-order valence-corrected chi connectivity index (χ1v) is 10.7. The molecule has 0 unspecified atom stereocenters. The lowest BCUT2D eigenvalue weighted by Gasteiger charge is -2.34. The van der Waals surface area contributed by atoms with Gasteiger partial charge in [0.1, 0.15) is 11.6 Å². The van der Waals surface area contributed by atoms with Crippen molar-refractivity contribution in [2.45, 2.75) is 32.7 Å². The van der Waals surface area contributed by atoms with E-state index in [2.05, 4.69) is 11.8 Å². The molecule has 1 fully saturated rings. The molecule has 0 spiro atoms. The fourth-order valence-electron chi connectivity index (χ4n) is 4.22. The Morgan fingerprint density at radius 3 is 2.63 bits per heavy atom. The second-order valence-corrected chi connectivity index (χ2v) is 8.55. The number of amides is 1. The van der Waals surface area contributed by atoms with E-state index >= 15 is 0 Å². The second-order valence-electron chi connectivity index (χ2n) is 8.55. The van der Waals surface area contributed by atoms with Crippen LogP contribution in [0, 0.1) is 5.92 Å². The Balaban J connectivity index is 1.60. The number of carbonyl (C=O) groups is 1. The summed E-state index contributed by atoms with van der Waals surface area (Å²) in [5.41, 5.74) is 2.76. The van der Waals surface area contributed by atoms with Crippen LogP contribution in [-0.4, -0.2) is 61.6 Å². The standard InChI is InChI=1S/C23H31N5O2/c1-16-8-11-27(12-9-16)23-24-20-10-13-28(15-19(20)21(25-23)26(2)3)22(29)17-6-5-7-18(14-17)30-4/h5-7,14,16H,8-13,15H2,1-4H3. The maximum atomic E-state index is 13.1. The predicted molar refractivity (Wildman–Crippen MR) is 118 cm³/mol. The van der Waals surface area contributed by atoms with Gasteiger partial charge in [0.15, 0.2) is 0 Å². The van der Waals surface area contributed by atoms with Gasteiger partial charge in [-0.1, -0.05) is 13.0 Å². The van der Waals surface area contributed by atoms with Crippen molar-refractivity contribution in [2.24, 2.45) is 5.92 Å². The number of nitrogens with zero attached hydrogens (tertiary/aromatic N) is 5. The number of rotatable bonds is 4. The van der Waals surface area contributed by atoms with Crippen molar-refractivity contribution in [1.82, 2.24) is 14.9 Å². The maximum absolute atomic E-state index is 13.1. The molecule has 2 aliphatic heterocycles. The summed E-state index contributed by atoms with van der Waals surface area (Å²) in [6.45, 7) is 5.50. The van der Waals surface area contributed by atoms with Gasteiger partial charge >= 0.3 is 0 Å². The second kappa shape index (κ2) is 8.50. The summed E-state index contributed by atoms with van der Waals surface area (Å²) in [5.74, 6) is 3.21. The number of ether oxygens (including phenoxy) is 1. The zero-order valence-electron chi connectivity index (χ0n) is 18.4. The van der Waals surface area contributed by atoms with E-state index in [1.807, 2.05) is 42.1 Å². The molecule has 1 saturated heterocycles. The molecule has 1 aromatic carbocycles. The van der Waals surface area contributed by atoms with Crippen LogP contribution in [0.5, 0.6) is 5.75 Å². The number of aromatic nitrogens is 2. The number of methoxy groups -OCH3 is 1. The van der Waals surface area contributed by atoms with Gasteiger partial charge in [0.25, 0.3) is 5.91 Å². The van der Waals surface area contributed by atoms with Gasteiger partial charge in [0, 0.05) is 51.3 Å². The van der Waals surface area contributed by atoms with E-state index in [0.29, 0.717) is 24.4 Å². The molecule has 0 saturated carbocycles. The SMILES string of the molecule is COc1cccc(C(=O)N2CCc3nc(N4CCC(C)CC4)nc(N(C)C)c3C2)c1. The largest absolute Gasteiger partial charge is 0.497 e. The molecule has 7 nitrogen and oxygen atoms in total. The van der Waals surface area contributed by atoms with Crippen molar-refractivity contribution < 1.29 is 9.53 Å². The Hall–Kier alpha value is -2.83. The van der Waals surface area contributed by atoms with Gasteiger partial charge in [0.05, 0.1) is 19.3 Å². The molecule has 1 aromatic heterocycles. The minimum atomic E-state index is 0.0124. The van der Waals surface area contributed by atoms with E-state index < -0.39 is 0 Å². The van der Waals surface area contributed by atoms with Gasteiger partial charge in [-0.2, -0.15) is 4.98 Å². The molecular weight excluding hydrogens is 378 g/mol. The van der Waals surface area contributed by atoms with Crippen LogP contribution in [0.15, 0.2) is 24.3 Å². The molecule has 160 valence electrons. The van der Waals surface area contributed by atoms with Crippen LogP contribution in [0.25, 0.3) is 0 Å². The summed E-state index contributed by atoms with van der Waals surface area (Å²) in [6, 6.07) is 7.33. The predicted octanol–water partition coefficient (Wildman–Crippen LogP) is 2.99. The zero-order valence-corrected chi connectivity index (χ0v) is 18.4. The highest BCUT2D eigenvalue weighted by Crippen LogP contribution is 2.30. The molecule has 30 heavy (non-hydrogen) atoms. The number of hydrogen-bond donors (Lipinski definition) is 0. The molecule has 1 amide bonds. The van der Waals surface area contributed by atoms with Gasteiger partial charge < -0.3 is 19.4 Å². The number of piperidine rings is 1. The van der Waals surface area contributed by atoms with E-state index in [9.17, 15) is 4.79 Å². The maximum Gasteiger partial charge on any atom is 0.254 e. The summed E-state index contributed by atoms with van der Waals surface area (Å²) in [7, 11) is 5.63. The van der Waals surface area contributed by atoms with Crippen LogP contribution < -0.4 is 14.5 Å². The van der Waals surface area contributed by atoms with Gasteiger partial charge in [-0.15, -0.1) is 0 Å². The normalized spacial score (nSPS) is 16.9. The Morgan fingerprint density at radius 1 is 1.17 bits per heavy atom. The van der Waals surface area contributed by atoms with Crippen LogP contribution in [0.3, 0.4) is 0 Å². The summed E-state index contributed by atoms with van der Waals surface area (Å²) in [4.78, 5) is 29.2. The van der Waals surface area contributed by atoms with Crippen molar-refractivity contribution in [1.29, 1.82) is 0 Å². The van der Waals surface area contributed by atoms with E-state index in [1.54, 1.807) is 13.2 Å². The molecule has 4 rings (SSSR count). The molecule has 0 N–H and O–H groups in total. The topological polar surface area (TPSA) is 61.8 Å². The Morgan fingerprint density at radius 2 is 1.93 bits per heavy atom. The van der Waals surface area contributed by atoms with Crippen molar-refractivity contribution in [2.75, 3.05) is 50.6 Å². The summed E-state index contributed by atoms with van der Waals surface area (Å²) in [5, 5.41) is 0. The van der Waals surface area contributed by atoms with Crippen LogP contribution in [0.2, 0.25) is 0 Å². The Bertz CT molecular complexity index is 922. The minimum Gasteiger partial charge on any atom is -0.497 e. The lowest BCUT2D eigenvalue weighted by atomic mass is 9.99. The summed E-state index contributed by atoms with van der Waals surface area (Å²) >= 11 is 0. The molecule has 0 bridgehead atoms. The summed E-state index contributed by atoms with van der Waals surface area (Å²) in [6.07, 6.45) is 3.10. The fraction of sp³-hybridized carbons (Fsp3) is 0.522. The molecule has 7 heteroatoms. The molecule has 3 heterocycles. The third kappa shape index (κ3) is 4.06. The molecule has 0 radical (unpaired) electrons. The van der Waals surface area contributed by atoms with Crippen LogP contribution in [0.4, 0.5) is 11.8 Å². The third-order valence-electron chi connectivity index (χ3n) is 6.12. The third-order valence-corrected chi connectivity index (χ3v) is 6.12.